The Hall–Kier alpha value is -1.58. The summed E-state index contributed by atoms with van der Waals surface area (Å²) < 4.78 is 5.48. The van der Waals surface area contributed by atoms with Gasteiger partial charge in [-0.05, 0) is 32.9 Å². The van der Waals surface area contributed by atoms with Crippen LogP contribution < -0.4 is 10.5 Å². The Balaban J connectivity index is 3.02. The summed E-state index contributed by atoms with van der Waals surface area (Å²) in [5.41, 5.74) is 5.09. The van der Waals surface area contributed by atoms with E-state index in [4.69, 9.17) is 10.5 Å². The summed E-state index contributed by atoms with van der Waals surface area (Å²) in [6, 6.07) is 3.24. The van der Waals surface area contributed by atoms with Crippen molar-refractivity contribution in [2.75, 3.05) is 0 Å². The number of aromatic nitrogens is 1. The molecular weight excluding hydrogens is 180 g/mol. The molecule has 1 aromatic heterocycles. The Morgan fingerprint density at radius 2 is 2.14 bits per heavy atom. The molecule has 0 fully saturated rings. The predicted molar refractivity (Wildman–Crippen MR) is 53.1 cm³/mol. The topological polar surface area (TPSA) is 65.2 Å². The minimum atomic E-state index is -0.530. The van der Waals surface area contributed by atoms with Gasteiger partial charge in [0.05, 0.1) is 0 Å². The van der Waals surface area contributed by atoms with Gasteiger partial charge in [-0.25, -0.2) is 4.98 Å². The summed E-state index contributed by atoms with van der Waals surface area (Å²) in [5.74, 6) is -0.246. The third-order valence-electron chi connectivity index (χ3n) is 1.44. The lowest BCUT2D eigenvalue weighted by Crippen LogP contribution is -2.25. The summed E-state index contributed by atoms with van der Waals surface area (Å²) in [5, 5.41) is 0. The molecule has 4 heteroatoms. The molecule has 0 atom stereocenters. The average molecular weight is 194 g/mol. The third kappa shape index (κ3) is 2.73. The van der Waals surface area contributed by atoms with Crippen LogP contribution in [-0.4, -0.2) is 16.5 Å². The minimum absolute atomic E-state index is 0.285. The Morgan fingerprint density at radius 3 is 2.64 bits per heavy atom. The van der Waals surface area contributed by atoms with Gasteiger partial charge >= 0.3 is 0 Å². The number of carbonyl (C=O) groups is 1. The molecule has 14 heavy (non-hydrogen) atoms. The van der Waals surface area contributed by atoms with E-state index in [2.05, 4.69) is 4.98 Å². The van der Waals surface area contributed by atoms with E-state index >= 15 is 0 Å². The van der Waals surface area contributed by atoms with Gasteiger partial charge in [0.15, 0.2) is 0 Å². The molecule has 1 rings (SSSR count). The van der Waals surface area contributed by atoms with E-state index in [0.717, 1.165) is 0 Å². The molecule has 0 unspecified atom stereocenters. The molecule has 0 saturated carbocycles. The first kappa shape index (κ1) is 10.5. The maximum Gasteiger partial charge on any atom is 0.254 e. The minimum Gasteiger partial charge on any atom is -0.471 e. The van der Waals surface area contributed by atoms with Crippen molar-refractivity contribution in [1.82, 2.24) is 4.98 Å². The number of carbonyl (C=O) groups excluding carboxylic acids is 1. The molecule has 76 valence electrons. The molecule has 0 radical (unpaired) electrons. The lowest BCUT2D eigenvalue weighted by atomic mass is 10.2. The van der Waals surface area contributed by atoms with Gasteiger partial charge in [-0.2, -0.15) is 0 Å². The van der Waals surface area contributed by atoms with Crippen LogP contribution in [0.4, 0.5) is 0 Å². The van der Waals surface area contributed by atoms with E-state index in [1.165, 1.54) is 0 Å². The number of nitrogens with zero attached hydrogens (tertiary/aromatic N) is 1. The number of pyridine rings is 1. The first-order chi connectivity index (χ1) is 6.40. The number of ether oxygens (including phenoxy) is 1. The van der Waals surface area contributed by atoms with E-state index in [1.54, 1.807) is 18.3 Å². The van der Waals surface area contributed by atoms with Gasteiger partial charge in [-0.3, -0.25) is 4.79 Å². The zero-order valence-electron chi connectivity index (χ0n) is 8.57. The molecule has 1 heterocycles. The Morgan fingerprint density at radius 1 is 1.50 bits per heavy atom. The summed E-state index contributed by atoms with van der Waals surface area (Å²) in [7, 11) is 0. The van der Waals surface area contributed by atoms with E-state index in [9.17, 15) is 4.79 Å². The molecule has 0 aromatic carbocycles. The van der Waals surface area contributed by atoms with Crippen molar-refractivity contribution in [2.24, 2.45) is 5.73 Å². The quantitative estimate of drug-likeness (QED) is 0.773. The lowest BCUT2D eigenvalue weighted by molar-refractivity contribution is 0.0970. The van der Waals surface area contributed by atoms with Crippen LogP contribution in [0.5, 0.6) is 5.88 Å². The number of amides is 1. The van der Waals surface area contributed by atoms with Crippen LogP contribution in [0.1, 0.15) is 31.1 Å². The second kappa shape index (κ2) is 3.65. The second-order valence-corrected chi connectivity index (χ2v) is 3.93. The fourth-order valence-corrected chi connectivity index (χ4v) is 0.950. The number of hydrogen-bond acceptors (Lipinski definition) is 3. The van der Waals surface area contributed by atoms with Crippen molar-refractivity contribution < 1.29 is 9.53 Å². The highest BCUT2D eigenvalue weighted by Gasteiger charge is 2.17. The smallest absolute Gasteiger partial charge is 0.254 e. The van der Waals surface area contributed by atoms with Crippen molar-refractivity contribution in [3.05, 3.63) is 23.9 Å². The molecule has 2 N–H and O–H groups in total. The Kier molecular flexibility index (Phi) is 2.74. The molecule has 0 bridgehead atoms. The van der Waals surface area contributed by atoms with Gasteiger partial charge in [0.2, 0.25) is 5.88 Å². The largest absolute Gasteiger partial charge is 0.471 e. The van der Waals surface area contributed by atoms with Crippen molar-refractivity contribution in [3.8, 4) is 5.88 Å². The average Bonchev–Trinajstić information content (AvgIpc) is 2.01. The third-order valence-corrected chi connectivity index (χ3v) is 1.44. The van der Waals surface area contributed by atoms with Gasteiger partial charge in [0.25, 0.3) is 5.91 Å². The molecule has 4 nitrogen and oxygen atoms in total. The van der Waals surface area contributed by atoms with Crippen molar-refractivity contribution in [1.29, 1.82) is 0 Å². The fourth-order valence-electron chi connectivity index (χ4n) is 0.950. The van der Waals surface area contributed by atoms with Crippen molar-refractivity contribution in [3.63, 3.8) is 0 Å². The molecule has 0 aliphatic carbocycles. The number of hydrogen-bond donors (Lipinski definition) is 1. The van der Waals surface area contributed by atoms with Gasteiger partial charge in [-0.15, -0.1) is 0 Å². The van der Waals surface area contributed by atoms with Crippen molar-refractivity contribution >= 4 is 5.91 Å². The molecule has 0 saturated heterocycles. The van der Waals surface area contributed by atoms with Crippen LogP contribution in [0.25, 0.3) is 0 Å². The summed E-state index contributed by atoms with van der Waals surface area (Å²) >= 11 is 0. The van der Waals surface area contributed by atoms with Crippen LogP contribution in [-0.2, 0) is 0 Å². The zero-order valence-corrected chi connectivity index (χ0v) is 8.57. The van der Waals surface area contributed by atoms with Crippen LogP contribution in [0, 0.1) is 0 Å². The molecule has 0 aliphatic rings. The first-order valence-corrected chi connectivity index (χ1v) is 4.34. The van der Waals surface area contributed by atoms with E-state index < -0.39 is 11.5 Å². The van der Waals surface area contributed by atoms with Gasteiger partial charge in [-0.1, -0.05) is 0 Å². The van der Waals surface area contributed by atoms with Crippen LogP contribution >= 0.6 is 0 Å². The monoisotopic (exact) mass is 194 g/mol. The van der Waals surface area contributed by atoms with Gasteiger partial charge < -0.3 is 10.5 Å². The number of rotatable bonds is 2. The first-order valence-electron chi connectivity index (χ1n) is 4.34. The molecule has 0 aliphatic heterocycles. The highest BCUT2D eigenvalue weighted by atomic mass is 16.5. The van der Waals surface area contributed by atoms with Gasteiger partial charge in [0, 0.05) is 6.20 Å². The molecular formula is C10H14N2O2. The van der Waals surface area contributed by atoms with E-state index in [0.29, 0.717) is 5.56 Å². The standard InChI is InChI=1S/C10H14N2O2/c1-10(2,3)14-9-7(8(11)13)5-4-6-12-9/h4-6H,1-3H3,(H2,11,13). The van der Waals surface area contributed by atoms with Crippen LogP contribution in [0.2, 0.25) is 0 Å². The van der Waals surface area contributed by atoms with E-state index in [-0.39, 0.29) is 5.88 Å². The normalized spacial score (nSPS) is 11.1. The number of nitrogens with two attached hydrogens (primary N) is 1. The maximum atomic E-state index is 11.0. The maximum absolute atomic E-state index is 11.0. The SMILES string of the molecule is CC(C)(C)Oc1ncccc1C(N)=O. The number of primary amides is 1. The highest BCUT2D eigenvalue weighted by molar-refractivity contribution is 5.94. The molecule has 1 amide bonds. The molecule has 1 aromatic rings. The van der Waals surface area contributed by atoms with Crippen molar-refractivity contribution in [2.45, 2.75) is 26.4 Å². The zero-order chi connectivity index (χ0) is 10.8. The summed E-state index contributed by atoms with van der Waals surface area (Å²) in [6.07, 6.45) is 1.56. The van der Waals surface area contributed by atoms with Crippen LogP contribution in [0.15, 0.2) is 18.3 Å². The Bertz CT molecular complexity index is 342. The fraction of sp³-hybridized carbons (Fsp3) is 0.400. The lowest BCUT2D eigenvalue weighted by Gasteiger charge is -2.21. The Labute approximate surface area is 83.1 Å². The molecule has 0 spiro atoms. The van der Waals surface area contributed by atoms with Crippen LogP contribution in [0.3, 0.4) is 0 Å². The summed E-state index contributed by atoms with van der Waals surface area (Å²) in [4.78, 5) is 15.0. The highest BCUT2D eigenvalue weighted by Crippen LogP contribution is 2.19. The van der Waals surface area contributed by atoms with Gasteiger partial charge in [0.1, 0.15) is 11.2 Å². The predicted octanol–water partition coefficient (Wildman–Crippen LogP) is 1.36. The second-order valence-electron chi connectivity index (χ2n) is 3.93. The van der Waals surface area contributed by atoms with E-state index in [1.807, 2.05) is 20.8 Å². The summed E-state index contributed by atoms with van der Waals surface area (Å²) in [6.45, 7) is 5.64.